The highest BCUT2D eigenvalue weighted by Crippen LogP contribution is 2.17. The lowest BCUT2D eigenvalue weighted by molar-refractivity contribution is -0.143. The summed E-state index contributed by atoms with van der Waals surface area (Å²) in [5.74, 6) is -0.920. The van der Waals surface area contributed by atoms with Crippen molar-refractivity contribution in [2.45, 2.75) is 19.3 Å². The monoisotopic (exact) mass is 402 g/mol. The van der Waals surface area contributed by atoms with E-state index in [0.717, 1.165) is 49.2 Å². The predicted octanol–water partition coefficient (Wildman–Crippen LogP) is 4.06. The van der Waals surface area contributed by atoms with Crippen molar-refractivity contribution in [2.75, 3.05) is 26.2 Å². The Morgan fingerprint density at radius 3 is 2.25 bits per heavy atom. The number of benzene rings is 2. The summed E-state index contributed by atoms with van der Waals surface area (Å²) in [6.45, 7) is 2.95. The zero-order valence-electron chi connectivity index (χ0n) is 15.9. The molecule has 0 radical (unpaired) electrons. The second-order valence-electron chi connectivity index (χ2n) is 6.84. The first-order valence-corrected chi connectivity index (χ1v) is 9.50. The molecule has 1 saturated heterocycles. The van der Waals surface area contributed by atoms with E-state index in [2.05, 4.69) is 10.1 Å². The SMILES string of the molecule is Cl.O=C(O)[C@@H]1CCCN(CCCON=C(c2ccccc2)c2ccccc2)C1. The summed E-state index contributed by atoms with van der Waals surface area (Å²) >= 11 is 0. The summed E-state index contributed by atoms with van der Waals surface area (Å²) in [5, 5.41) is 13.6. The minimum Gasteiger partial charge on any atom is -0.481 e. The number of rotatable bonds is 8. The van der Waals surface area contributed by atoms with Crippen molar-refractivity contribution in [3.8, 4) is 0 Å². The van der Waals surface area contributed by atoms with Crippen LogP contribution in [0, 0.1) is 5.92 Å². The molecule has 28 heavy (non-hydrogen) atoms. The molecule has 6 heteroatoms. The fourth-order valence-corrected chi connectivity index (χ4v) is 3.39. The number of carbonyl (C=O) groups is 1. The van der Waals surface area contributed by atoms with E-state index in [9.17, 15) is 9.90 Å². The van der Waals surface area contributed by atoms with Gasteiger partial charge in [0.25, 0.3) is 0 Å². The summed E-state index contributed by atoms with van der Waals surface area (Å²) in [6.07, 6.45) is 2.55. The van der Waals surface area contributed by atoms with Crippen molar-refractivity contribution < 1.29 is 14.7 Å². The molecule has 1 aliphatic rings. The lowest BCUT2D eigenvalue weighted by Crippen LogP contribution is -2.39. The Labute approximate surface area is 172 Å². The molecule has 1 atom stereocenters. The van der Waals surface area contributed by atoms with Gasteiger partial charge in [0.05, 0.1) is 5.92 Å². The minimum atomic E-state index is -0.684. The quantitative estimate of drug-likeness (QED) is 0.411. The molecule has 1 fully saturated rings. The number of carboxylic acid groups (broad SMARTS) is 1. The lowest BCUT2D eigenvalue weighted by Gasteiger charge is -2.30. The van der Waals surface area contributed by atoms with Gasteiger partial charge in [-0.2, -0.15) is 0 Å². The molecule has 1 heterocycles. The zero-order chi connectivity index (χ0) is 18.9. The van der Waals surface area contributed by atoms with Crippen molar-refractivity contribution in [3.05, 3.63) is 71.8 Å². The van der Waals surface area contributed by atoms with E-state index < -0.39 is 5.97 Å². The van der Waals surface area contributed by atoms with Crippen LogP contribution in [0.15, 0.2) is 65.8 Å². The molecule has 0 bridgehead atoms. The van der Waals surface area contributed by atoms with Crippen LogP contribution in [0.3, 0.4) is 0 Å². The van der Waals surface area contributed by atoms with Gasteiger partial charge in [0.15, 0.2) is 0 Å². The number of oxime groups is 1. The molecule has 0 unspecified atom stereocenters. The van der Waals surface area contributed by atoms with Crippen LogP contribution >= 0.6 is 12.4 Å². The second-order valence-corrected chi connectivity index (χ2v) is 6.84. The molecule has 0 saturated carbocycles. The Balaban J connectivity index is 0.00000280. The van der Waals surface area contributed by atoms with Crippen molar-refractivity contribution in [1.29, 1.82) is 0 Å². The molecule has 0 aliphatic carbocycles. The molecular weight excluding hydrogens is 376 g/mol. The van der Waals surface area contributed by atoms with E-state index in [1.165, 1.54) is 0 Å². The summed E-state index contributed by atoms with van der Waals surface area (Å²) < 4.78 is 0. The van der Waals surface area contributed by atoms with Crippen LogP contribution in [-0.4, -0.2) is 47.9 Å². The van der Waals surface area contributed by atoms with Crippen molar-refractivity contribution in [2.24, 2.45) is 11.1 Å². The van der Waals surface area contributed by atoms with Crippen LogP contribution in [0.1, 0.15) is 30.4 Å². The van der Waals surface area contributed by atoms with E-state index in [1.807, 2.05) is 60.7 Å². The fraction of sp³-hybridized carbons (Fsp3) is 0.364. The highest BCUT2D eigenvalue weighted by atomic mass is 35.5. The summed E-state index contributed by atoms with van der Waals surface area (Å²) in [4.78, 5) is 19.0. The first-order chi connectivity index (χ1) is 13.2. The molecule has 5 nitrogen and oxygen atoms in total. The van der Waals surface area contributed by atoms with Crippen molar-refractivity contribution in [3.63, 3.8) is 0 Å². The third-order valence-electron chi connectivity index (χ3n) is 4.82. The smallest absolute Gasteiger partial charge is 0.307 e. The third-order valence-corrected chi connectivity index (χ3v) is 4.82. The maximum Gasteiger partial charge on any atom is 0.307 e. The summed E-state index contributed by atoms with van der Waals surface area (Å²) in [6, 6.07) is 20.0. The van der Waals surface area contributed by atoms with Gasteiger partial charge in [0, 0.05) is 24.2 Å². The van der Waals surface area contributed by atoms with Gasteiger partial charge in [-0.1, -0.05) is 65.8 Å². The number of halogens is 1. The lowest BCUT2D eigenvalue weighted by atomic mass is 9.98. The minimum absolute atomic E-state index is 0. The third kappa shape index (κ3) is 6.36. The van der Waals surface area contributed by atoms with E-state index in [-0.39, 0.29) is 18.3 Å². The maximum atomic E-state index is 11.2. The van der Waals surface area contributed by atoms with Gasteiger partial charge >= 0.3 is 5.97 Å². The Kier molecular flexibility index (Phi) is 8.98. The molecule has 2 aromatic rings. The van der Waals surface area contributed by atoms with Crippen molar-refractivity contribution in [1.82, 2.24) is 4.90 Å². The predicted molar refractivity (Wildman–Crippen MR) is 113 cm³/mol. The molecule has 0 spiro atoms. The number of piperidine rings is 1. The summed E-state index contributed by atoms with van der Waals surface area (Å²) in [5.41, 5.74) is 2.85. The maximum absolute atomic E-state index is 11.2. The number of likely N-dealkylation sites (tertiary alicyclic amines) is 1. The Morgan fingerprint density at radius 1 is 1.07 bits per heavy atom. The molecular formula is C22H27ClN2O3. The van der Waals surface area contributed by atoms with Crippen LogP contribution < -0.4 is 0 Å². The first-order valence-electron chi connectivity index (χ1n) is 9.50. The van der Waals surface area contributed by atoms with Gasteiger partial charge in [0.1, 0.15) is 12.3 Å². The van der Waals surface area contributed by atoms with Gasteiger partial charge in [0.2, 0.25) is 0 Å². The number of aliphatic carboxylic acids is 1. The summed E-state index contributed by atoms with van der Waals surface area (Å²) in [7, 11) is 0. The first kappa shape index (κ1) is 21.9. The average molecular weight is 403 g/mol. The van der Waals surface area contributed by atoms with Gasteiger partial charge in [-0.25, -0.2) is 0 Å². The van der Waals surface area contributed by atoms with E-state index in [1.54, 1.807) is 0 Å². The van der Waals surface area contributed by atoms with Crippen LogP contribution in [-0.2, 0) is 9.63 Å². The van der Waals surface area contributed by atoms with E-state index in [0.29, 0.717) is 13.2 Å². The zero-order valence-corrected chi connectivity index (χ0v) is 16.7. The van der Waals surface area contributed by atoms with Crippen LogP contribution in [0.2, 0.25) is 0 Å². The van der Waals surface area contributed by atoms with Gasteiger partial charge in [-0.05, 0) is 25.8 Å². The van der Waals surface area contributed by atoms with Gasteiger partial charge < -0.3 is 14.8 Å². The molecule has 3 rings (SSSR count). The Bertz CT molecular complexity index is 711. The molecule has 150 valence electrons. The second kappa shape index (κ2) is 11.5. The normalized spacial score (nSPS) is 16.6. The largest absolute Gasteiger partial charge is 0.481 e. The topological polar surface area (TPSA) is 62.1 Å². The van der Waals surface area contributed by atoms with Crippen LogP contribution in [0.5, 0.6) is 0 Å². The number of nitrogens with zero attached hydrogens (tertiary/aromatic N) is 2. The molecule has 0 amide bonds. The number of hydrogen-bond acceptors (Lipinski definition) is 4. The molecule has 0 aromatic heterocycles. The highest BCUT2D eigenvalue weighted by Gasteiger charge is 2.24. The van der Waals surface area contributed by atoms with Gasteiger partial charge in [-0.3, -0.25) is 4.79 Å². The molecule has 1 N–H and O–H groups in total. The number of hydrogen-bond donors (Lipinski definition) is 1. The standard InChI is InChI=1S/C22H26N2O3.ClH/c25-22(26)20-13-7-14-24(17-20)15-8-16-27-23-21(18-9-3-1-4-10-18)19-11-5-2-6-12-19;/h1-6,9-12,20H,7-8,13-17H2,(H,25,26);1H/t20-;/m1./s1. The van der Waals surface area contributed by atoms with Crippen molar-refractivity contribution >= 4 is 24.1 Å². The van der Waals surface area contributed by atoms with E-state index >= 15 is 0 Å². The highest BCUT2D eigenvalue weighted by molar-refractivity contribution is 6.12. The fourth-order valence-electron chi connectivity index (χ4n) is 3.39. The average Bonchev–Trinajstić information content (AvgIpc) is 2.72. The van der Waals surface area contributed by atoms with E-state index in [4.69, 9.17) is 4.84 Å². The van der Waals surface area contributed by atoms with Crippen LogP contribution in [0.25, 0.3) is 0 Å². The molecule has 1 aliphatic heterocycles. The number of carboxylic acids is 1. The Hall–Kier alpha value is -2.37. The Morgan fingerprint density at radius 2 is 1.68 bits per heavy atom. The van der Waals surface area contributed by atoms with Crippen LogP contribution in [0.4, 0.5) is 0 Å². The molecule has 2 aromatic carbocycles. The van der Waals surface area contributed by atoms with Gasteiger partial charge in [-0.15, -0.1) is 12.4 Å².